The van der Waals surface area contributed by atoms with Crippen LogP contribution in [0.4, 0.5) is 0 Å². The molecule has 4 rings (SSSR count). The molecule has 0 unspecified atom stereocenters. The van der Waals surface area contributed by atoms with E-state index in [9.17, 15) is 4.79 Å². The van der Waals surface area contributed by atoms with Gasteiger partial charge in [-0.15, -0.1) is 5.06 Å². The SMILES string of the molecule is CC1=CC2=NC(=O)/C(=C/c3ccc(OCCCOc4c(C)cccc4C)cc3)C(=N)N2O1. The van der Waals surface area contributed by atoms with E-state index in [1.165, 1.54) is 5.06 Å². The van der Waals surface area contributed by atoms with E-state index in [0.717, 1.165) is 34.6 Å². The number of carbonyl (C=O) groups is 1. The second-order valence-electron chi connectivity index (χ2n) is 7.66. The molecule has 0 saturated heterocycles. The summed E-state index contributed by atoms with van der Waals surface area (Å²) in [6.07, 6.45) is 4.02. The highest BCUT2D eigenvalue weighted by Crippen LogP contribution is 2.25. The quantitative estimate of drug-likeness (QED) is 0.512. The molecule has 1 N–H and O–H groups in total. The largest absolute Gasteiger partial charge is 0.493 e. The Balaban J connectivity index is 1.30. The molecule has 0 spiro atoms. The van der Waals surface area contributed by atoms with Crippen LogP contribution in [0.5, 0.6) is 11.5 Å². The third-order valence-corrected chi connectivity index (χ3v) is 5.08. The van der Waals surface area contributed by atoms with E-state index in [1.807, 2.05) is 56.3 Å². The van der Waals surface area contributed by atoms with Gasteiger partial charge in [-0.1, -0.05) is 30.3 Å². The van der Waals surface area contributed by atoms with Crippen LogP contribution in [0.15, 0.2) is 64.9 Å². The molecule has 2 aromatic carbocycles. The molecule has 32 heavy (non-hydrogen) atoms. The van der Waals surface area contributed by atoms with Crippen molar-refractivity contribution in [2.24, 2.45) is 4.99 Å². The summed E-state index contributed by atoms with van der Waals surface area (Å²) in [6.45, 7) is 6.94. The van der Waals surface area contributed by atoms with Crippen LogP contribution in [0.1, 0.15) is 30.0 Å². The molecule has 2 aliphatic heterocycles. The van der Waals surface area contributed by atoms with Gasteiger partial charge in [0.1, 0.15) is 17.3 Å². The molecule has 0 atom stereocenters. The first-order chi connectivity index (χ1) is 15.4. The number of aliphatic imine (C=N–C) groups is 1. The summed E-state index contributed by atoms with van der Waals surface area (Å²) >= 11 is 0. The molecular weight excluding hydrogens is 406 g/mol. The lowest BCUT2D eigenvalue weighted by Crippen LogP contribution is -2.38. The van der Waals surface area contributed by atoms with E-state index in [1.54, 1.807) is 19.1 Å². The molecular formula is C25H25N3O4. The number of nitrogens with one attached hydrogen (secondary N) is 1. The lowest BCUT2D eigenvalue weighted by Gasteiger charge is -2.22. The maximum absolute atomic E-state index is 12.3. The number of para-hydroxylation sites is 1. The molecule has 0 aliphatic carbocycles. The highest BCUT2D eigenvalue weighted by atomic mass is 16.7. The van der Waals surface area contributed by atoms with Crippen molar-refractivity contribution in [3.05, 3.63) is 76.6 Å². The molecule has 7 heteroatoms. The van der Waals surface area contributed by atoms with Gasteiger partial charge in [0.2, 0.25) is 0 Å². The first-order valence-electron chi connectivity index (χ1n) is 10.4. The van der Waals surface area contributed by atoms with E-state index >= 15 is 0 Å². The molecule has 2 heterocycles. The number of rotatable bonds is 7. The number of hydroxylamine groups is 2. The average Bonchev–Trinajstić information content (AvgIpc) is 3.14. The fraction of sp³-hybridized carbons (Fsp3) is 0.240. The number of hydrogen-bond donors (Lipinski definition) is 1. The maximum atomic E-state index is 12.3. The molecule has 7 nitrogen and oxygen atoms in total. The zero-order chi connectivity index (χ0) is 22.7. The Kier molecular flexibility index (Phi) is 6.07. The summed E-state index contributed by atoms with van der Waals surface area (Å²) in [4.78, 5) is 21.7. The minimum Gasteiger partial charge on any atom is -0.493 e. The fourth-order valence-corrected chi connectivity index (χ4v) is 3.48. The zero-order valence-electron chi connectivity index (χ0n) is 18.3. The van der Waals surface area contributed by atoms with Crippen molar-refractivity contribution in [1.29, 1.82) is 5.41 Å². The number of benzene rings is 2. The van der Waals surface area contributed by atoms with E-state index in [2.05, 4.69) is 4.99 Å². The van der Waals surface area contributed by atoms with Gasteiger partial charge in [-0.2, -0.15) is 4.99 Å². The van der Waals surface area contributed by atoms with Crippen LogP contribution in [-0.2, 0) is 9.63 Å². The topological polar surface area (TPSA) is 84.2 Å². The fourth-order valence-electron chi connectivity index (χ4n) is 3.48. The predicted octanol–water partition coefficient (Wildman–Crippen LogP) is 4.60. The molecule has 0 saturated carbocycles. The van der Waals surface area contributed by atoms with Crippen molar-refractivity contribution in [2.75, 3.05) is 13.2 Å². The Bertz CT molecular complexity index is 1130. The van der Waals surface area contributed by atoms with E-state index in [4.69, 9.17) is 19.7 Å². The Morgan fingerprint density at radius 1 is 1.03 bits per heavy atom. The van der Waals surface area contributed by atoms with Gasteiger partial charge in [-0.05, 0) is 55.7 Å². The molecule has 0 aromatic heterocycles. The van der Waals surface area contributed by atoms with Crippen molar-refractivity contribution in [2.45, 2.75) is 27.2 Å². The Labute approximate surface area is 187 Å². The van der Waals surface area contributed by atoms with Gasteiger partial charge in [-0.25, -0.2) is 0 Å². The minimum atomic E-state index is -0.458. The van der Waals surface area contributed by atoms with E-state index in [0.29, 0.717) is 24.8 Å². The zero-order valence-corrected chi connectivity index (χ0v) is 18.3. The second-order valence-corrected chi connectivity index (χ2v) is 7.66. The van der Waals surface area contributed by atoms with Gasteiger partial charge in [0.25, 0.3) is 5.91 Å². The van der Waals surface area contributed by atoms with Crippen LogP contribution in [-0.4, -0.2) is 35.9 Å². The lowest BCUT2D eigenvalue weighted by atomic mass is 10.1. The molecule has 1 amide bonds. The maximum Gasteiger partial charge on any atom is 0.282 e. The Morgan fingerprint density at radius 2 is 1.72 bits per heavy atom. The highest BCUT2D eigenvalue weighted by molar-refractivity contribution is 6.32. The third-order valence-electron chi connectivity index (χ3n) is 5.08. The monoisotopic (exact) mass is 431 g/mol. The number of ether oxygens (including phenoxy) is 2. The van der Waals surface area contributed by atoms with Gasteiger partial charge in [0.15, 0.2) is 11.7 Å². The number of amides is 1. The number of fused-ring (bicyclic) bond motifs is 1. The number of hydrogen-bond acceptors (Lipinski definition) is 5. The van der Waals surface area contributed by atoms with Gasteiger partial charge < -0.3 is 14.3 Å². The number of nitrogens with zero attached hydrogens (tertiary/aromatic N) is 2. The van der Waals surface area contributed by atoms with E-state index < -0.39 is 5.91 Å². The summed E-state index contributed by atoms with van der Waals surface area (Å²) in [5.41, 5.74) is 3.20. The Morgan fingerprint density at radius 3 is 2.44 bits per heavy atom. The smallest absolute Gasteiger partial charge is 0.282 e. The first-order valence-corrected chi connectivity index (χ1v) is 10.4. The summed E-state index contributed by atoms with van der Waals surface area (Å²) in [6, 6.07) is 13.5. The van der Waals surface area contributed by atoms with Crippen LogP contribution in [0, 0.1) is 19.3 Å². The molecule has 0 fully saturated rings. The normalized spacial score (nSPS) is 16.5. The van der Waals surface area contributed by atoms with Crippen molar-refractivity contribution in [3.8, 4) is 11.5 Å². The molecule has 0 bridgehead atoms. The number of aryl methyl sites for hydroxylation is 2. The standard InChI is InChI=1S/C25H25N3O4/c1-16-6-4-7-17(2)23(16)31-13-5-12-30-20-10-8-19(9-11-20)15-21-24(26)28-22(27-25(21)29)14-18(3)32-28/h4,6-11,14-15,26H,5,12-13H2,1-3H3/b21-15+,26-24?. The third kappa shape index (κ3) is 4.56. The predicted molar refractivity (Wildman–Crippen MR) is 123 cm³/mol. The van der Waals surface area contributed by atoms with Crippen LogP contribution in [0.2, 0.25) is 0 Å². The number of carbonyl (C=O) groups excluding carboxylic acids is 1. The molecule has 164 valence electrons. The van der Waals surface area contributed by atoms with Crippen LogP contribution in [0.25, 0.3) is 6.08 Å². The number of allylic oxidation sites excluding steroid dienone is 1. The van der Waals surface area contributed by atoms with Crippen molar-refractivity contribution in [1.82, 2.24) is 5.06 Å². The van der Waals surface area contributed by atoms with Crippen LogP contribution in [0.3, 0.4) is 0 Å². The Hall–Kier alpha value is -3.87. The average molecular weight is 431 g/mol. The minimum absolute atomic E-state index is 0.0303. The first kappa shape index (κ1) is 21.4. The van der Waals surface area contributed by atoms with Gasteiger partial charge in [-0.3, -0.25) is 10.2 Å². The molecule has 2 aliphatic rings. The summed E-state index contributed by atoms with van der Waals surface area (Å²) < 4.78 is 11.7. The lowest BCUT2D eigenvalue weighted by molar-refractivity contribution is -0.114. The van der Waals surface area contributed by atoms with Crippen LogP contribution >= 0.6 is 0 Å². The number of amidine groups is 2. The van der Waals surface area contributed by atoms with Gasteiger partial charge in [0.05, 0.1) is 18.8 Å². The van der Waals surface area contributed by atoms with Crippen LogP contribution < -0.4 is 9.47 Å². The molecule has 2 aromatic rings. The summed E-state index contributed by atoms with van der Waals surface area (Å²) in [7, 11) is 0. The second kappa shape index (κ2) is 9.09. The summed E-state index contributed by atoms with van der Waals surface area (Å²) in [5.74, 6) is 2.10. The van der Waals surface area contributed by atoms with E-state index in [-0.39, 0.29) is 11.4 Å². The van der Waals surface area contributed by atoms with Gasteiger partial charge in [0, 0.05) is 12.5 Å². The summed E-state index contributed by atoms with van der Waals surface area (Å²) in [5, 5.41) is 9.52. The van der Waals surface area contributed by atoms with Crippen molar-refractivity contribution < 1.29 is 19.1 Å². The molecule has 0 radical (unpaired) electrons. The van der Waals surface area contributed by atoms with Crippen molar-refractivity contribution >= 4 is 23.7 Å². The van der Waals surface area contributed by atoms with Crippen molar-refractivity contribution in [3.63, 3.8) is 0 Å². The van der Waals surface area contributed by atoms with Gasteiger partial charge >= 0.3 is 0 Å². The highest BCUT2D eigenvalue weighted by Gasteiger charge is 2.34.